The molecule has 1 heterocycles. The molecule has 0 bridgehead atoms. The van der Waals surface area contributed by atoms with Crippen molar-refractivity contribution in [2.75, 3.05) is 19.7 Å². The van der Waals surface area contributed by atoms with Gasteiger partial charge in [-0.25, -0.2) is 13.2 Å². The Hall–Kier alpha value is -2.50. The number of carbonyl (C=O) groups is 3. The highest BCUT2D eigenvalue weighted by atomic mass is 32.2. The van der Waals surface area contributed by atoms with Gasteiger partial charge in [0, 0.05) is 19.5 Å². The van der Waals surface area contributed by atoms with Crippen LogP contribution in [0.2, 0.25) is 0 Å². The molecule has 0 aromatic heterocycles. The molecular weight excluding hydrogens is 426 g/mol. The Bertz CT molecular complexity index is 946. The van der Waals surface area contributed by atoms with E-state index in [9.17, 15) is 27.9 Å². The van der Waals surface area contributed by atoms with Crippen LogP contribution in [0.25, 0.3) is 0 Å². The highest BCUT2D eigenvalue weighted by Crippen LogP contribution is 2.28. The van der Waals surface area contributed by atoms with E-state index in [2.05, 4.69) is 5.32 Å². The molecule has 1 fully saturated rings. The van der Waals surface area contributed by atoms with Gasteiger partial charge in [-0.15, -0.1) is 0 Å². The van der Waals surface area contributed by atoms with Crippen LogP contribution in [0, 0.1) is 19.8 Å². The van der Waals surface area contributed by atoms with Crippen LogP contribution in [0.1, 0.15) is 31.4 Å². The van der Waals surface area contributed by atoms with E-state index in [1.807, 2.05) is 26.1 Å². The number of benzene rings is 1. The van der Waals surface area contributed by atoms with Crippen molar-refractivity contribution in [3.63, 3.8) is 0 Å². The number of rotatable bonds is 7. The Balaban J connectivity index is 2.03. The summed E-state index contributed by atoms with van der Waals surface area (Å²) in [5.41, 5.74) is 1.69. The number of ether oxygens (including phenoxy) is 1. The van der Waals surface area contributed by atoms with Gasteiger partial charge in [0.1, 0.15) is 6.04 Å². The summed E-state index contributed by atoms with van der Waals surface area (Å²) in [6.45, 7) is 6.74. The van der Waals surface area contributed by atoms with E-state index in [0.29, 0.717) is 6.54 Å². The van der Waals surface area contributed by atoms with Crippen LogP contribution < -0.4 is 10.6 Å². The minimum atomic E-state index is -4.07. The average Bonchev–Trinajstić information content (AvgIpc) is 3.09. The maximum atomic E-state index is 13.0. The third-order valence-electron chi connectivity index (χ3n) is 4.86. The number of β-amino-alcohol motifs (C(OH)–C–C–N with tert-alkyl or cyclic N) is 1. The fraction of sp³-hybridized carbons (Fsp3) is 0.550. The third kappa shape index (κ3) is 6.49. The SMILES string of the molecule is Cc1ccc(S(=O)(=O)N2CC(O)C[C@H]2C(=O)OCC(=O)NC(=O)NCC(C)C)cc1C. The van der Waals surface area contributed by atoms with Crippen LogP contribution in [-0.2, 0) is 24.3 Å². The van der Waals surface area contributed by atoms with E-state index >= 15 is 0 Å². The molecule has 1 aliphatic rings. The molecule has 0 aliphatic carbocycles. The lowest BCUT2D eigenvalue weighted by atomic mass is 10.1. The first kappa shape index (κ1) is 24.8. The minimum Gasteiger partial charge on any atom is -0.454 e. The molecule has 1 aromatic rings. The smallest absolute Gasteiger partial charge is 0.325 e. The molecule has 172 valence electrons. The number of hydrogen-bond donors (Lipinski definition) is 3. The topological polar surface area (TPSA) is 142 Å². The molecule has 0 radical (unpaired) electrons. The van der Waals surface area contributed by atoms with Crippen molar-refractivity contribution in [2.45, 2.75) is 51.2 Å². The third-order valence-corrected chi connectivity index (χ3v) is 6.73. The summed E-state index contributed by atoms with van der Waals surface area (Å²) in [5.74, 6) is -1.63. The first-order valence-electron chi connectivity index (χ1n) is 9.93. The quantitative estimate of drug-likeness (QED) is 0.507. The molecule has 1 aliphatic heterocycles. The van der Waals surface area contributed by atoms with Crippen LogP contribution >= 0.6 is 0 Å². The Morgan fingerprint density at radius 1 is 1.23 bits per heavy atom. The number of urea groups is 1. The highest BCUT2D eigenvalue weighted by Gasteiger charge is 2.44. The summed E-state index contributed by atoms with van der Waals surface area (Å²) < 4.78 is 31.9. The van der Waals surface area contributed by atoms with Crippen molar-refractivity contribution in [1.29, 1.82) is 0 Å². The second kappa shape index (κ2) is 10.2. The Kier molecular flexibility index (Phi) is 8.15. The first-order chi connectivity index (χ1) is 14.4. The van der Waals surface area contributed by atoms with E-state index in [0.717, 1.165) is 15.4 Å². The molecule has 31 heavy (non-hydrogen) atoms. The first-order valence-corrected chi connectivity index (χ1v) is 11.4. The minimum absolute atomic E-state index is 0.00191. The molecule has 0 spiro atoms. The fourth-order valence-electron chi connectivity index (χ4n) is 3.01. The number of carbonyl (C=O) groups excluding carboxylic acids is 3. The summed E-state index contributed by atoms with van der Waals surface area (Å²) in [6.07, 6.45) is -1.20. The zero-order chi connectivity index (χ0) is 23.3. The van der Waals surface area contributed by atoms with Gasteiger partial charge in [-0.05, 0) is 43.0 Å². The number of amides is 3. The van der Waals surface area contributed by atoms with Crippen LogP contribution in [0.3, 0.4) is 0 Å². The zero-order valence-corrected chi connectivity index (χ0v) is 18.9. The van der Waals surface area contributed by atoms with Crippen molar-refractivity contribution < 1.29 is 32.6 Å². The molecule has 1 saturated heterocycles. The lowest BCUT2D eigenvalue weighted by Crippen LogP contribution is -2.44. The maximum Gasteiger partial charge on any atom is 0.325 e. The van der Waals surface area contributed by atoms with E-state index in [4.69, 9.17) is 4.74 Å². The van der Waals surface area contributed by atoms with Crippen LogP contribution in [0.5, 0.6) is 0 Å². The number of sulfonamides is 1. The second-order valence-electron chi connectivity index (χ2n) is 7.99. The van der Waals surface area contributed by atoms with Gasteiger partial charge in [-0.3, -0.25) is 14.9 Å². The lowest BCUT2D eigenvalue weighted by Gasteiger charge is -2.22. The molecule has 1 aromatic carbocycles. The molecular formula is C20H29N3O7S. The van der Waals surface area contributed by atoms with Crippen molar-refractivity contribution in [1.82, 2.24) is 14.9 Å². The van der Waals surface area contributed by atoms with E-state index in [1.54, 1.807) is 13.0 Å². The molecule has 3 amide bonds. The summed E-state index contributed by atoms with van der Waals surface area (Å²) >= 11 is 0. The highest BCUT2D eigenvalue weighted by molar-refractivity contribution is 7.89. The predicted octanol–water partition coefficient (Wildman–Crippen LogP) is 0.452. The summed E-state index contributed by atoms with van der Waals surface area (Å²) in [7, 11) is -4.07. The summed E-state index contributed by atoms with van der Waals surface area (Å²) in [4.78, 5) is 35.9. The number of nitrogens with zero attached hydrogens (tertiary/aromatic N) is 1. The van der Waals surface area contributed by atoms with Crippen LogP contribution in [-0.4, -0.2) is 67.6 Å². The molecule has 2 rings (SSSR count). The monoisotopic (exact) mass is 455 g/mol. The van der Waals surface area contributed by atoms with Gasteiger partial charge in [0.05, 0.1) is 11.0 Å². The van der Waals surface area contributed by atoms with E-state index < -0.39 is 46.7 Å². The van der Waals surface area contributed by atoms with E-state index in [1.165, 1.54) is 12.1 Å². The molecule has 1 unspecified atom stereocenters. The number of aliphatic hydroxyl groups is 1. The number of nitrogens with one attached hydrogen (secondary N) is 2. The van der Waals surface area contributed by atoms with Gasteiger partial charge < -0.3 is 15.2 Å². The van der Waals surface area contributed by atoms with Crippen LogP contribution in [0.4, 0.5) is 4.79 Å². The fourth-order valence-corrected chi connectivity index (χ4v) is 4.72. The van der Waals surface area contributed by atoms with Gasteiger partial charge in [-0.2, -0.15) is 4.31 Å². The van der Waals surface area contributed by atoms with Crippen molar-refractivity contribution >= 4 is 27.9 Å². The number of aliphatic hydroxyl groups excluding tert-OH is 1. The lowest BCUT2D eigenvalue weighted by molar-refractivity contribution is -0.151. The molecule has 0 saturated carbocycles. The number of imide groups is 1. The van der Waals surface area contributed by atoms with Gasteiger partial charge in [0.25, 0.3) is 5.91 Å². The number of aryl methyl sites for hydroxylation is 2. The van der Waals surface area contributed by atoms with Gasteiger partial charge in [0.15, 0.2) is 6.61 Å². The molecule has 2 atom stereocenters. The normalized spacial score (nSPS) is 19.3. The number of esters is 1. The standard InChI is InChI=1S/C20H29N3O7S/c1-12(2)9-21-20(27)22-18(25)11-30-19(26)17-8-15(24)10-23(17)31(28,29)16-6-5-13(3)14(4)7-16/h5-7,12,15,17,24H,8-11H2,1-4H3,(H2,21,22,25,27)/t15?,17-/m0/s1. The van der Waals surface area contributed by atoms with Crippen LogP contribution in [0.15, 0.2) is 23.1 Å². The molecule has 11 heteroatoms. The van der Waals surface area contributed by atoms with Gasteiger partial charge in [-0.1, -0.05) is 19.9 Å². The number of hydrogen-bond acceptors (Lipinski definition) is 7. The Labute approximate surface area is 182 Å². The van der Waals surface area contributed by atoms with Gasteiger partial charge in [0.2, 0.25) is 10.0 Å². The maximum absolute atomic E-state index is 13.0. The summed E-state index contributed by atoms with van der Waals surface area (Å²) in [6, 6.07) is 2.61. The zero-order valence-electron chi connectivity index (χ0n) is 18.0. The van der Waals surface area contributed by atoms with Crippen molar-refractivity contribution in [2.24, 2.45) is 5.92 Å². The van der Waals surface area contributed by atoms with Crippen molar-refractivity contribution in [3.05, 3.63) is 29.3 Å². The van der Waals surface area contributed by atoms with Crippen molar-refractivity contribution in [3.8, 4) is 0 Å². The largest absolute Gasteiger partial charge is 0.454 e. The summed E-state index contributed by atoms with van der Waals surface area (Å²) in [5, 5.41) is 14.5. The van der Waals surface area contributed by atoms with Gasteiger partial charge >= 0.3 is 12.0 Å². The average molecular weight is 456 g/mol. The second-order valence-corrected chi connectivity index (χ2v) is 9.88. The Morgan fingerprint density at radius 2 is 1.90 bits per heavy atom. The molecule has 10 nitrogen and oxygen atoms in total. The predicted molar refractivity (Wildman–Crippen MR) is 112 cm³/mol. The molecule has 3 N–H and O–H groups in total. The van der Waals surface area contributed by atoms with E-state index in [-0.39, 0.29) is 23.8 Å². The Morgan fingerprint density at radius 3 is 2.52 bits per heavy atom.